The van der Waals surface area contributed by atoms with Crippen molar-refractivity contribution in [3.63, 3.8) is 0 Å². The first kappa shape index (κ1) is 12.9. The van der Waals surface area contributed by atoms with Crippen LogP contribution in [0.25, 0.3) is 11.1 Å². The number of likely N-dealkylation sites (N-methyl/N-ethyl adjacent to an activating group) is 1. The first-order valence-corrected chi connectivity index (χ1v) is 6.82. The molecule has 0 heterocycles. The molecule has 0 unspecified atom stereocenters. The summed E-state index contributed by atoms with van der Waals surface area (Å²) < 4.78 is 0. The fourth-order valence-electron chi connectivity index (χ4n) is 2.70. The second-order valence-electron chi connectivity index (χ2n) is 5.44. The van der Waals surface area contributed by atoms with Crippen molar-refractivity contribution >= 4 is 5.91 Å². The second kappa shape index (κ2) is 4.76. The summed E-state index contributed by atoms with van der Waals surface area (Å²) in [7, 11) is 1.61. The van der Waals surface area contributed by atoms with Gasteiger partial charge in [0.05, 0.1) is 5.41 Å². The molecule has 0 atom stereocenters. The lowest BCUT2D eigenvalue weighted by Crippen LogP contribution is -2.41. The Morgan fingerprint density at radius 1 is 1.00 bits per heavy atom. The molecule has 3 rings (SSSR count). The van der Waals surface area contributed by atoms with Gasteiger partial charge in [-0.3, -0.25) is 9.80 Å². The first-order valence-electron chi connectivity index (χ1n) is 6.82. The number of hydrazine groups is 1. The molecule has 0 aliphatic heterocycles. The SMILES string of the molecule is CN(N)C(=O)C1(c2ccc(-c3ccccc3)cc2)CC1. The zero-order valence-electron chi connectivity index (χ0n) is 11.5. The molecule has 102 valence electrons. The molecule has 0 aromatic heterocycles. The molecule has 2 aromatic carbocycles. The molecule has 1 amide bonds. The standard InChI is InChI=1S/C17H18N2O/c1-19(18)16(20)17(11-12-17)15-9-7-14(8-10-15)13-5-3-2-4-6-13/h2-10H,11-12,18H2,1H3. The number of carbonyl (C=O) groups is 1. The summed E-state index contributed by atoms with van der Waals surface area (Å²) in [5.74, 6) is 5.61. The van der Waals surface area contributed by atoms with E-state index < -0.39 is 0 Å². The van der Waals surface area contributed by atoms with Crippen LogP contribution in [0.1, 0.15) is 18.4 Å². The van der Waals surface area contributed by atoms with Crippen LogP contribution in [0.4, 0.5) is 0 Å². The van der Waals surface area contributed by atoms with Crippen LogP contribution in [0, 0.1) is 0 Å². The summed E-state index contributed by atoms with van der Waals surface area (Å²) in [6.45, 7) is 0. The highest BCUT2D eigenvalue weighted by molar-refractivity contribution is 5.90. The molecule has 0 saturated heterocycles. The number of amides is 1. The minimum Gasteiger partial charge on any atom is -0.283 e. The lowest BCUT2D eigenvalue weighted by Gasteiger charge is -2.19. The highest BCUT2D eigenvalue weighted by atomic mass is 16.2. The molecule has 2 N–H and O–H groups in total. The van der Waals surface area contributed by atoms with Gasteiger partial charge in [0.15, 0.2) is 0 Å². The average Bonchev–Trinajstić information content (AvgIpc) is 3.29. The van der Waals surface area contributed by atoms with Crippen molar-refractivity contribution in [1.82, 2.24) is 5.01 Å². The second-order valence-corrected chi connectivity index (χ2v) is 5.44. The van der Waals surface area contributed by atoms with Gasteiger partial charge in [-0.25, -0.2) is 5.84 Å². The van der Waals surface area contributed by atoms with E-state index in [4.69, 9.17) is 5.84 Å². The van der Waals surface area contributed by atoms with Gasteiger partial charge in [0.1, 0.15) is 0 Å². The Morgan fingerprint density at radius 2 is 1.55 bits per heavy atom. The molecule has 1 aliphatic carbocycles. The maximum Gasteiger partial charge on any atom is 0.246 e. The van der Waals surface area contributed by atoms with Crippen molar-refractivity contribution in [2.75, 3.05) is 7.05 Å². The summed E-state index contributed by atoms with van der Waals surface area (Å²) in [6.07, 6.45) is 1.77. The third-order valence-corrected chi connectivity index (χ3v) is 4.02. The number of rotatable bonds is 3. The zero-order valence-corrected chi connectivity index (χ0v) is 11.5. The maximum absolute atomic E-state index is 12.2. The van der Waals surface area contributed by atoms with Gasteiger partial charge in [-0.1, -0.05) is 54.6 Å². The maximum atomic E-state index is 12.2. The van der Waals surface area contributed by atoms with Gasteiger partial charge < -0.3 is 0 Å². The highest BCUT2D eigenvalue weighted by Crippen LogP contribution is 2.49. The predicted molar refractivity (Wildman–Crippen MR) is 79.7 cm³/mol. The predicted octanol–water partition coefficient (Wildman–Crippen LogP) is 2.72. The molecule has 2 aromatic rings. The van der Waals surface area contributed by atoms with Crippen molar-refractivity contribution in [3.8, 4) is 11.1 Å². The van der Waals surface area contributed by atoms with E-state index >= 15 is 0 Å². The largest absolute Gasteiger partial charge is 0.283 e. The number of benzene rings is 2. The van der Waals surface area contributed by atoms with E-state index in [1.54, 1.807) is 7.05 Å². The third kappa shape index (κ3) is 2.10. The van der Waals surface area contributed by atoms with Crippen molar-refractivity contribution in [1.29, 1.82) is 0 Å². The molecule has 20 heavy (non-hydrogen) atoms. The van der Waals surface area contributed by atoms with Gasteiger partial charge in [0.25, 0.3) is 0 Å². The Hall–Kier alpha value is -2.13. The molecule has 3 nitrogen and oxygen atoms in total. The molecule has 1 fully saturated rings. The van der Waals surface area contributed by atoms with Crippen LogP contribution >= 0.6 is 0 Å². The van der Waals surface area contributed by atoms with E-state index in [1.165, 1.54) is 16.1 Å². The topological polar surface area (TPSA) is 46.3 Å². The van der Waals surface area contributed by atoms with Crippen LogP contribution < -0.4 is 5.84 Å². The van der Waals surface area contributed by atoms with Crippen LogP contribution in [-0.2, 0) is 10.2 Å². The van der Waals surface area contributed by atoms with Gasteiger partial charge in [0.2, 0.25) is 5.91 Å². The van der Waals surface area contributed by atoms with Crippen LogP contribution in [0.15, 0.2) is 54.6 Å². The highest BCUT2D eigenvalue weighted by Gasteiger charge is 2.52. The molecular formula is C17H18N2O. The summed E-state index contributed by atoms with van der Waals surface area (Å²) >= 11 is 0. The van der Waals surface area contributed by atoms with E-state index in [-0.39, 0.29) is 11.3 Å². The van der Waals surface area contributed by atoms with E-state index in [0.717, 1.165) is 18.4 Å². The summed E-state index contributed by atoms with van der Waals surface area (Å²) in [4.78, 5) is 12.2. The van der Waals surface area contributed by atoms with Crippen molar-refractivity contribution in [2.45, 2.75) is 18.3 Å². The molecule has 0 spiro atoms. The lowest BCUT2D eigenvalue weighted by molar-refractivity contribution is -0.132. The Balaban J connectivity index is 1.89. The average molecular weight is 266 g/mol. The first-order chi connectivity index (χ1) is 9.63. The monoisotopic (exact) mass is 266 g/mol. The molecule has 0 radical (unpaired) electrons. The van der Waals surface area contributed by atoms with Crippen LogP contribution in [-0.4, -0.2) is 18.0 Å². The Bertz CT molecular complexity index is 613. The van der Waals surface area contributed by atoms with Crippen LogP contribution in [0.3, 0.4) is 0 Å². The molecule has 3 heteroatoms. The minimum atomic E-state index is -0.376. The Morgan fingerprint density at radius 3 is 2.05 bits per heavy atom. The lowest BCUT2D eigenvalue weighted by atomic mass is 9.93. The normalized spacial score (nSPS) is 15.7. The summed E-state index contributed by atoms with van der Waals surface area (Å²) in [5.41, 5.74) is 3.04. The quantitative estimate of drug-likeness (QED) is 0.527. The van der Waals surface area contributed by atoms with Gasteiger partial charge in [-0.2, -0.15) is 0 Å². The van der Waals surface area contributed by atoms with Crippen molar-refractivity contribution in [2.24, 2.45) is 5.84 Å². The smallest absolute Gasteiger partial charge is 0.246 e. The summed E-state index contributed by atoms with van der Waals surface area (Å²) in [5, 5.41) is 1.21. The van der Waals surface area contributed by atoms with Gasteiger partial charge in [0, 0.05) is 7.05 Å². The molecule has 0 bridgehead atoms. The van der Waals surface area contributed by atoms with E-state index in [0.29, 0.717) is 0 Å². The fourth-order valence-corrected chi connectivity index (χ4v) is 2.70. The fraction of sp³-hybridized carbons (Fsp3) is 0.235. The van der Waals surface area contributed by atoms with E-state index in [9.17, 15) is 4.79 Å². The van der Waals surface area contributed by atoms with Crippen molar-refractivity contribution < 1.29 is 4.79 Å². The van der Waals surface area contributed by atoms with E-state index in [2.05, 4.69) is 36.4 Å². The number of carbonyl (C=O) groups excluding carboxylic acids is 1. The third-order valence-electron chi connectivity index (χ3n) is 4.02. The number of hydrogen-bond acceptors (Lipinski definition) is 2. The van der Waals surface area contributed by atoms with Crippen LogP contribution in [0.5, 0.6) is 0 Å². The number of nitrogens with two attached hydrogens (primary N) is 1. The molecule has 1 saturated carbocycles. The van der Waals surface area contributed by atoms with Crippen LogP contribution in [0.2, 0.25) is 0 Å². The van der Waals surface area contributed by atoms with E-state index in [1.807, 2.05) is 18.2 Å². The van der Waals surface area contributed by atoms with Gasteiger partial charge in [-0.15, -0.1) is 0 Å². The minimum absolute atomic E-state index is 0.00459. The Labute approximate surface area is 119 Å². The zero-order chi connectivity index (χ0) is 14.2. The Kier molecular flexibility index (Phi) is 3.07. The number of nitrogens with zero attached hydrogens (tertiary/aromatic N) is 1. The van der Waals surface area contributed by atoms with Gasteiger partial charge in [-0.05, 0) is 29.5 Å². The molecular weight excluding hydrogens is 248 g/mol. The number of hydrogen-bond donors (Lipinski definition) is 1. The summed E-state index contributed by atoms with van der Waals surface area (Å²) in [6, 6.07) is 18.5. The van der Waals surface area contributed by atoms with Gasteiger partial charge >= 0.3 is 0 Å². The molecule has 1 aliphatic rings. The van der Waals surface area contributed by atoms with Crippen molar-refractivity contribution in [3.05, 3.63) is 60.2 Å².